The molecule has 19 heavy (non-hydrogen) atoms. The highest BCUT2D eigenvalue weighted by Gasteiger charge is 2.02. The van der Waals surface area contributed by atoms with E-state index in [4.69, 9.17) is 4.74 Å². The number of ether oxygens (including phenoxy) is 1. The predicted octanol–water partition coefficient (Wildman–Crippen LogP) is 2.45. The van der Waals surface area contributed by atoms with E-state index in [1.54, 1.807) is 24.7 Å². The standard InChI is InChI=1S/C14H14N2O2S/c1-18-13-4-2-11(3-5-13)8-14(17)16-15-9-12-6-7-19-10-12/h2-7,9-10H,8H2,1H3,(H,16,17). The van der Waals surface area contributed by atoms with Crippen LogP contribution in [0.25, 0.3) is 0 Å². The van der Waals surface area contributed by atoms with Gasteiger partial charge >= 0.3 is 0 Å². The molecule has 2 aromatic rings. The summed E-state index contributed by atoms with van der Waals surface area (Å²) in [6, 6.07) is 9.32. The fourth-order valence-electron chi connectivity index (χ4n) is 1.50. The molecule has 4 nitrogen and oxygen atoms in total. The van der Waals surface area contributed by atoms with Crippen LogP contribution in [0.2, 0.25) is 0 Å². The van der Waals surface area contributed by atoms with Gasteiger partial charge in [-0.3, -0.25) is 4.79 Å². The van der Waals surface area contributed by atoms with E-state index < -0.39 is 0 Å². The van der Waals surface area contributed by atoms with E-state index in [-0.39, 0.29) is 5.91 Å². The maximum absolute atomic E-state index is 11.6. The molecule has 0 aliphatic heterocycles. The number of benzene rings is 1. The molecule has 1 aromatic carbocycles. The van der Waals surface area contributed by atoms with Gasteiger partial charge in [0, 0.05) is 5.56 Å². The Labute approximate surface area is 115 Å². The summed E-state index contributed by atoms with van der Waals surface area (Å²) in [6.45, 7) is 0. The van der Waals surface area contributed by atoms with E-state index >= 15 is 0 Å². The summed E-state index contributed by atoms with van der Waals surface area (Å²) in [5, 5.41) is 7.82. The molecule has 0 saturated heterocycles. The molecule has 5 heteroatoms. The zero-order chi connectivity index (χ0) is 13.5. The van der Waals surface area contributed by atoms with Crippen LogP contribution in [0.4, 0.5) is 0 Å². The lowest BCUT2D eigenvalue weighted by atomic mass is 10.1. The van der Waals surface area contributed by atoms with Crippen LogP contribution in [0.1, 0.15) is 11.1 Å². The zero-order valence-corrected chi connectivity index (χ0v) is 11.3. The number of rotatable bonds is 5. The lowest BCUT2D eigenvalue weighted by Crippen LogP contribution is -2.19. The molecule has 0 atom stereocenters. The van der Waals surface area contributed by atoms with Gasteiger partial charge in [0.15, 0.2) is 0 Å². The first-order valence-corrected chi connectivity index (χ1v) is 6.69. The Kier molecular flexibility index (Phi) is 4.69. The monoisotopic (exact) mass is 274 g/mol. The summed E-state index contributed by atoms with van der Waals surface area (Å²) in [4.78, 5) is 11.6. The SMILES string of the molecule is COc1ccc(CC(=O)NN=Cc2ccsc2)cc1. The molecule has 1 aromatic heterocycles. The number of methoxy groups -OCH3 is 1. The molecule has 0 unspecified atom stereocenters. The second-order valence-corrected chi connectivity index (χ2v) is 4.65. The second kappa shape index (κ2) is 6.70. The van der Waals surface area contributed by atoms with Crippen LogP contribution in [-0.4, -0.2) is 19.2 Å². The van der Waals surface area contributed by atoms with Crippen molar-refractivity contribution in [2.45, 2.75) is 6.42 Å². The van der Waals surface area contributed by atoms with Crippen molar-refractivity contribution in [3.63, 3.8) is 0 Å². The van der Waals surface area contributed by atoms with Crippen LogP contribution >= 0.6 is 11.3 Å². The fourth-order valence-corrected chi connectivity index (χ4v) is 2.11. The Morgan fingerprint density at radius 1 is 1.37 bits per heavy atom. The average molecular weight is 274 g/mol. The van der Waals surface area contributed by atoms with Gasteiger partial charge in [-0.25, -0.2) is 5.43 Å². The van der Waals surface area contributed by atoms with Crippen molar-refractivity contribution in [2.75, 3.05) is 7.11 Å². The maximum Gasteiger partial charge on any atom is 0.244 e. The van der Waals surface area contributed by atoms with Crippen molar-refractivity contribution >= 4 is 23.5 Å². The highest BCUT2D eigenvalue weighted by molar-refractivity contribution is 7.08. The molecule has 0 bridgehead atoms. The third-order valence-corrected chi connectivity index (χ3v) is 3.17. The summed E-state index contributed by atoms with van der Waals surface area (Å²) < 4.78 is 5.06. The molecule has 0 aliphatic rings. The Morgan fingerprint density at radius 2 is 2.16 bits per heavy atom. The van der Waals surface area contributed by atoms with E-state index in [9.17, 15) is 4.79 Å². The maximum atomic E-state index is 11.6. The highest BCUT2D eigenvalue weighted by atomic mass is 32.1. The van der Waals surface area contributed by atoms with Gasteiger partial charge in [-0.05, 0) is 34.5 Å². The van der Waals surface area contributed by atoms with Crippen molar-refractivity contribution < 1.29 is 9.53 Å². The lowest BCUT2D eigenvalue weighted by molar-refractivity contribution is -0.120. The van der Waals surface area contributed by atoms with Crippen molar-refractivity contribution in [1.29, 1.82) is 0 Å². The number of hydrazone groups is 1. The van der Waals surface area contributed by atoms with Crippen LogP contribution in [0.3, 0.4) is 0 Å². The van der Waals surface area contributed by atoms with Gasteiger partial charge in [-0.15, -0.1) is 0 Å². The first-order valence-electron chi connectivity index (χ1n) is 5.75. The Bertz CT molecular complexity index is 547. The topological polar surface area (TPSA) is 50.7 Å². The third-order valence-electron chi connectivity index (χ3n) is 2.47. The quantitative estimate of drug-likeness (QED) is 0.672. The largest absolute Gasteiger partial charge is 0.497 e. The first-order chi connectivity index (χ1) is 9.28. The number of amides is 1. The first kappa shape index (κ1) is 13.3. The van der Waals surface area contributed by atoms with Crippen LogP contribution < -0.4 is 10.2 Å². The molecule has 0 fully saturated rings. The van der Waals surface area contributed by atoms with Crippen LogP contribution in [-0.2, 0) is 11.2 Å². The summed E-state index contributed by atoms with van der Waals surface area (Å²) >= 11 is 1.59. The number of nitrogens with zero attached hydrogens (tertiary/aromatic N) is 1. The van der Waals surface area contributed by atoms with E-state index in [0.29, 0.717) is 6.42 Å². The number of carbonyl (C=O) groups excluding carboxylic acids is 1. The van der Waals surface area contributed by atoms with Gasteiger partial charge < -0.3 is 4.74 Å². The predicted molar refractivity (Wildman–Crippen MR) is 76.8 cm³/mol. The molecule has 1 amide bonds. The average Bonchev–Trinajstić information content (AvgIpc) is 2.93. The summed E-state index contributed by atoms with van der Waals surface area (Å²) in [5.41, 5.74) is 4.40. The Morgan fingerprint density at radius 3 is 2.79 bits per heavy atom. The van der Waals surface area contributed by atoms with Gasteiger partial charge in [-0.2, -0.15) is 16.4 Å². The Balaban J connectivity index is 1.83. The molecular weight excluding hydrogens is 260 g/mol. The third kappa shape index (κ3) is 4.22. The smallest absolute Gasteiger partial charge is 0.244 e. The van der Waals surface area contributed by atoms with Gasteiger partial charge in [-0.1, -0.05) is 12.1 Å². The summed E-state index contributed by atoms with van der Waals surface area (Å²) in [7, 11) is 1.61. The van der Waals surface area contributed by atoms with Crippen molar-refractivity contribution in [2.24, 2.45) is 5.10 Å². The van der Waals surface area contributed by atoms with Gasteiger partial charge in [0.1, 0.15) is 5.75 Å². The van der Waals surface area contributed by atoms with Gasteiger partial charge in [0.25, 0.3) is 0 Å². The molecule has 1 N–H and O–H groups in total. The van der Waals surface area contributed by atoms with E-state index in [1.165, 1.54) is 0 Å². The molecular formula is C14H14N2O2S. The minimum atomic E-state index is -0.142. The second-order valence-electron chi connectivity index (χ2n) is 3.87. The molecule has 0 spiro atoms. The number of thiophene rings is 1. The molecule has 0 radical (unpaired) electrons. The van der Waals surface area contributed by atoms with Crippen molar-refractivity contribution in [1.82, 2.24) is 5.43 Å². The zero-order valence-electron chi connectivity index (χ0n) is 10.5. The number of nitrogens with one attached hydrogen (secondary N) is 1. The molecule has 98 valence electrons. The number of hydrogen-bond donors (Lipinski definition) is 1. The van der Waals surface area contributed by atoms with Crippen molar-refractivity contribution in [3.8, 4) is 5.75 Å². The van der Waals surface area contributed by atoms with Crippen LogP contribution in [0, 0.1) is 0 Å². The van der Waals surface area contributed by atoms with E-state index in [1.807, 2.05) is 41.1 Å². The number of carbonyl (C=O) groups is 1. The van der Waals surface area contributed by atoms with E-state index in [2.05, 4.69) is 10.5 Å². The van der Waals surface area contributed by atoms with Gasteiger partial charge in [0.05, 0.1) is 19.7 Å². The minimum absolute atomic E-state index is 0.142. The molecule has 2 rings (SSSR count). The fraction of sp³-hybridized carbons (Fsp3) is 0.143. The van der Waals surface area contributed by atoms with Crippen LogP contribution in [0.5, 0.6) is 5.75 Å². The summed E-state index contributed by atoms with van der Waals surface area (Å²) in [6.07, 6.45) is 1.92. The molecule has 0 aliphatic carbocycles. The van der Waals surface area contributed by atoms with Crippen molar-refractivity contribution in [3.05, 3.63) is 52.2 Å². The summed E-state index contributed by atoms with van der Waals surface area (Å²) in [5.74, 6) is 0.635. The Hall–Kier alpha value is -2.14. The highest BCUT2D eigenvalue weighted by Crippen LogP contribution is 2.11. The lowest BCUT2D eigenvalue weighted by Gasteiger charge is -2.02. The van der Waals surface area contributed by atoms with Gasteiger partial charge in [0.2, 0.25) is 5.91 Å². The number of hydrogen-bond acceptors (Lipinski definition) is 4. The molecule has 1 heterocycles. The van der Waals surface area contributed by atoms with E-state index in [0.717, 1.165) is 16.9 Å². The minimum Gasteiger partial charge on any atom is -0.497 e. The normalized spacial score (nSPS) is 10.6. The van der Waals surface area contributed by atoms with Crippen LogP contribution in [0.15, 0.2) is 46.2 Å². The molecule has 0 saturated carbocycles.